The summed E-state index contributed by atoms with van der Waals surface area (Å²) >= 11 is 7.40. The molecular formula is C29H43ClN4O7S2. The molecule has 3 rings (SSSR count). The van der Waals surface area contributed by atoms with Gasteiger partial charge in [0.1, 0.15) is 21.5 Å². The molecule has 6 atom stereocenters. The quantitative estimate of drug-likeness (QED) is 0.135. The standard InChI is InChI=1S/C29H43ClN4O7S2/c1-18-13-21(36)16-34(18)25(37)22(32-27(39)41-28(3,4)5)12-10-8-6-7-9-11-20-15-29(20,31-17-35)26(38)33-43(40)23-14-19(2)42-24(23)30/h9,11,14,17-18,20-22,36H,6-8,10,12-13,15-16H2,1-5H3,(H,31,35)(H,32,39)(H,33,38)/b11-9-. The molecule has 0 bridgehead atoms. The maximum absolute atomic E-state index is 13.2. The highest BCUT2D eigenvalue weighted by atomic mass is 35.5. The Morgan fingerprint density at radius 3 is 2.60 bits per heavy atom. The number of allylic oxidation sites excluding steroid dienone is 1. The maximum Gasteiger partial charge on any atom is 0.408 e. The van der Waals surface area contributed by atoms with Crippen LogP contribution in [0.5, 0.6) is 0 Å². The van der Waals surface area contributed by atoms with Crippen LogP contribution >= 0.6 is 22.9 Å². The maximum atomic E-state index is 13.2. The summed E-state index contributed by atoms with van der Waals surface area (Å²) in [7, 11) is -1.84. The Bertz CT molecular complexity index is 1230. The fourth-order valence-corrected chi connectivity index (χ4v) is 7.77. The predicted molar refractivity (Wildman–Crippen MR) is 166 cm³/mol. The minimum Gasteiger partial charge on any atom is -0.444 e. The van der Waals surface area contributed by atoms with Crippen molar-refractivity contribution in [3.8, 4) is 0 Å². The number of aliphatic hydroxyl groups excluding tert-OH is 1. The molecule has 1 saturated heterocycles. The molecule has 1 saturated carbocycles. The molecule has 1 aliphatic carbocycles. The highest BCUT2D eigenvalue weighted by molar-refractivity contribution is 7.84. The fraction of sp³-hybridized carbons (Fsp3) is 0.655. The minimum absolute atomic E-state index is 0.112. The zero-order valence-corrected chi connectivity index (χ0v) is 27.7. The van der Waals surface area contributed by atoms with E-state index in [9.17, 15) is 28.5 Å². The molecule has 2 heterocycles. The van der Waals surface area contributed by atoms with Crippen LogP contribution in [0.2, 0.25) is 4.34 Å². The van der Waals surface area contributed by atoms with Crippen molar-refractivity contribution >= 4 is 58.2 Å². The molecule has 0 radical (unpaired) electrons. The van der Waals surface area contributed by atoms with E-state index in [2.05, 4.69) is 15.4 Å². The number of thiophene rings is 1. The molecule has 1 aliphatic heterocycles. The molecule has 2 aliphatic rings. The number of rotatable bonds is 14. The van der Waals surface area contributed by atoms with Gasteiger partial charge in [0, 0.05) is 23.4 Å². The van der Waals surface area contributed by atoms with Gasteiger partial charge in [-0.2, -0.15) is 0 Å². The lowest BCUT2D eigenvalue weighted by atomic mass is 10.0. The molecule has 11 nitrogen and oxygen atoms in total. The third-order valence-electron chi connectivity index (χ3n) is 7.46. The summed E-state index contributed by atoms with van der Waals surface area (Å²) in [6.45, 7) is 9.22. The van der Waals surface area contributed by atoms with Crippen LogP contribution in [0.25, 0.3) is 0 Å². The van der Waals surface area contributed by atoms with Crippen molar-refractivity contribution in [2.45, 2.75) is 114 Å². The first-order chi connectivity index (χ1) is 20.2. The van der Waals surface area contributed by atoms with E-state index in [1.807, 2.05) is 26.0 Å². The lowest BCUT2D eigenvalue weighted by Crippen LogP contribution is -2.50. The first-order valence-electron chi connectivity index (χ1n) is 14.5. The summed E-state index contributed by atoms with van der Waals surface area (Å²) in [5, 5.41) is 15.3. The van der Waals surface area contributed by atoms with Gasteiger partial charge in [-0.15, -0.1) is 11.3 Å². The second-order valence-electron chi connectivity index (χ2n) is 12.2. The van der Waals surface area contributed by atoms with Gasteiger partial charge in [0.15, 0.2) is 11.0 Å². The van der Waals surface area contributed by atoms with Crippen LogP contribution in [0.15, 0.2) is 23.1 Å². The summed E-state index contributed by atoms with van der Waals surface area (Å²) in [5.74, 6) is -0.981. The number of carbonyl (C=O) groups is 4. The van der Waals surface area contributed by atoms with Crippen LogP contribution in [-0.2, 0) is 30.1 Å². The molecule has 43 heavy (non-hydrogen) atoms. The zero-order valence-electron chi connectivity index (χ0n) is 25.3. The van der Waals surface area contributed by atoms with Gasteiger partial charge in [-0.05, 0) is 72.8 Å². The van der Waals surface area contributed by atoms with Gasteiger partial charge in [0.2, 0.25) is 12.3 Å². The number of likely N-dealkylation sites (tertiary alicyclic amines) is 1. The van der Waals surface area contributed by atoms with Crippen LogP contribution in [0.1, 0.15) is 77.5 Å². The van der Waals surface area contributed by atoms with Crippen LogP contribution in [0.4, 0.5) is 4.79 Å². The van der Waals surface area contributed by atoms with Crippen molar-refractivity contribution in [1.29, 1.82) is 0 Å². The number of carbonyl (C=O) groups excluding carboxylic acids is 4. The van der Waals surface area contributed by atoms with E-state index in [1.165, 1.54) is 11.3 Å². The number of β-amino-alcohol motifs (C(OH)–C–C–N with tert-alkyl or cyclic N) is 1. The van der Waals surface area contributed by atoms with Gasteiger partial charge in [-0.3, -0.25) is 19.1 Å². The van der Waals surface area contributed by atoms with E-state index in [0.717, 1.165) is 24.1 Å². The Labute approximate surface area is 264 Å². The number of aryl methyl sites for hydroxylation is 1. The minimum atomic E-state index is -1.84. The molecule has 6 unspecified atom stereocenters. The van der Waals surface area contributed by atoms with Crippen molar-refractivity contribution in [3.63, 3.8) is 0 Å². The number of hydrogen-bond donors (Lipinski definition) is 4. The summed E-state index contributed by atoms with van der Waals surface area (Å²) in [4.78, 5) is 52.7. The topological polar surface area (TPSA) is 154 Å². The van der Waals surface area contributed by atoms with E-state index >= 15 is 0 Å². The molecule has 0 spiro atoms. The molecule has 1 aromatic heterocycles. The fourth-order valence-electron chi connectivity index (χ4n) is 5.20. The van der Waals surface area contributed by atoms with E-state index in [1.54, 1.807) is 31.7 Å². The zero-order chi connectivity index (χ0) is 31.9. The molecule has 1 aromatic rings. The second kappa shape index (κ2) is 15.0. The van der Waals surface area contributed by atoms with Crippen molar-refractivity contribution < 1.29 is 33.2 Å². The number of halogens is 1. The van der Waals surface area contributed by atoms with Crippen LogP contribution in [0, 0.1) is 12.8 Å². The highest BCUT2D eigenvalue weighted by Gasteiger charge is 2.59. The second-order valence-corrected chi connectivity index (χ2v) is 15.3. The van der Waals surface area contributed by atoms with Crippen molar-refractivity contribution in [1.82, 2.24) is 20.3 Å². The van der Waals surface area contributed by atoms with Gasteiger partial charge in [-0.25, -0.2) is 9.00 Å². The van der Waals surface area contributed by atoms with Crippen LogP contribution < -0.4 is 15.4 Å². The molecular weight excluding hydrogens is 616 g/mol. The normalized spacial score (nSPS) is 24.8. The summed E-state index contributed by atoms with van der Waals surface area (Å²) in [6.07, 6.45) is 7.44. The number of ether oxygens (including phenoxy) is 1. The van der Waals surface area contributed by atoms with Gasteiger partial charge in [-0.1, -0.05) is 36.6 Å². The average Bonchev–Trinajstić information content (AvgIpc) is 3.33. The molecule has 240 valence electrons. The third kappa shape index (κ3) is 9.75. The van der Waals surface area contributed by atoms with Gasteiger partial charge in [0.05, 0.1) is 11.0 Å². The van der Waals surface area contributed by atoms with E-state index in [4.69, 9.17) is 16.3 Å². The molecule has 2 fully saturated rings. The van der Waals surface area contributed by atoms with Gasteiger partial charge >= 0.3 is 6.09 Å². The van der Waals surface area contributed by atoms with Crippen molar-refractivity contribution in [2.24, 2.45) is 5.92 Å². The molecule has 4 amide bonds. The lowest BCUT2D eigenvalue weighted by molar-refractivity contribution is -0.134. The van der Waals surface area contributed by atoms with Crippen LogP contribution in [-0.4, -0.2) is 74.4 Å². The van der Waals surface area contributed by atoms with E-state index < -0.39 is 46.3 Å². The van der Waals surface area contributed by atoms with Gasteiger partial charge in [0.25, 0.3) is 5.91 Å². The number of aliphatic hydroxyl groups is 1. The number of unbranched alkanes of at least 4 members (excludes halogenated alkanes) is 3. The van der Waals surface area contributed by atoms with Gasteiger partial charge < -0.3 is 25.4 Å². The number of nitrogens with zero attached hydrogens (tertiary/aromatic N) is 1. The number of amides is 4. The van der Waals surface area contributed by atoms with Crippen LogP contribution in [0.3, 0.4) is 0 Å². The monoisotopic (exact) mass is 658 g/mol. The average molecular weight is 659 g/mol. The third-order valence-corrected chi connectivity index (χ3v) is 10.1. The number of alkyl carbamates (subject to hydrolysis) is 1. The Morgan fingerprint density at radius 1 is 1.30 bits per heavy atom. The Morgan fingerprint density at radius 2 is 2.02 bits per heavy atom. The Balaban J connectivity index is 1.47. The van der Waals surface area contributed by atoms with E-state index in [-0.39, 0.29) is 24.4 Å². The Kier molecular flexibility index (Phi) is 12.2. The first-order valence-corrected chi connectivity index (χ1v) is 16.9. The Hall–Kier alpha value is -2.48. The van der Waals surface area contributed by atoms with E-state index in [0.29, 0.717) is 41.3 Å². The summed E-state index contributed by atoms with van der Waals surface area (Å²) < 4.78 is 20.8. The molecule has 4 N–H and O–H groups in total. The SMILES string of the molecule is Cc1cc(S(=O)NC(=O)C2(NC=O)CC2/C=C\CCCCCC(NC(=O)OC(C)(C)C)C(=O)N2CC(O)CC2C)c(Cl)s1. The lowest BCUT2D eigenvalue weighted by Gasteiger charge is -2.28. The highest BCUT2D eigenvalue weighted by Crippen LogP contribution is 2.45. The van der Waals surface area contributed by atoms with Crippen molar-refractivity contribution in [2.75, 3.05) is 6.54 Å². The van der Waals surface area contributed by atoms with Crippen molar-refractivity contribution in [3.05, 3.63) is 27.4 Å². The number of nitrogens with one attached hydrogen (secondary N) is 3. The summed E-state index contributed by atoms with van der Waals surface area (Å²) in [5.41, 5.74) is -1.84. The largest absolute Gasteiger partial charge is 0.444 e. The smallest absolute Gasteiger partial charge is 0.408 e. The predicted octanol–water partition coefficient (Wildman–Crippen LogP) is 3.74. The molecule has 0 aromatic carbocycles. The summed E-state index contributed by atoms with van der Waals surface area (Å²) in [6, 6.07) is 0.798. The molecule has 14 heteroatoms. The number of hydrogen-bond acceptors (Lipinski definition) is 8. The first kappa shape index (κ1) is 35.0.